The maximum absolute atomic E-state index is 12.4. The Morgan fingerprint density at radius 1 is 1.00 bits per heavy atom. The Labute approximate surface area is 130 Å². The Morgan fingerprint density at radius 3 is 2.32 bits per heavy atom. The lowest BCUT2D eigenvalue weighted by Crippen LogP contribution is -2.39. The van der Waals surface area contributed by atoms with Crippen molar-refractivity contribution >= 4 is 16.1 Å². The Balaban J connectivity index is 2.34. The lowest BCUT2D eigenvalue weighted by Gasteiger charge is -2.12. The third kappa shape index (κ3) is 3.85. The highest BCUT2D eigenvalue weighted by Crippen LogP contribution is 2.26. The summed E-state index contributed by atoms with van der Waals surface area (Å²) in [6.07, 6.45) is 0.730. The van der Waals surface area contributed by atoms with E-state index in [1.54, 1.807) is 18.2 Å². The van der Waals surface area contributed by atoms with Crippen LogP contribution in [0, 0.1) is 0 Å². The van der Waals surface area contributed by atoms with Gasteiger partial charge in [-0.05, 0) is 18.1 Å². The highest BCUT2D eigenvalue weighted by molar-refractivity contribution is 7.90. The van der Waals surface area contributed by atoms with Gasteiger partial charge in [-0.3, -0.25) is 0 Å². The van der Waals surface area contributed by atoms with Crippen LogP contribution in [0.3, 0.4) is 0 Å². The molecule has 0 fully saturated rings. The second kappa shape index (κ2) is 7.09. The molecule has 2 amide bonds. The van der Waals surface area contributed by atoms with Gasteiger partial charge in [-0.25, -0.2) is 17.9 Å². The number of rotatable bonds is 5. The molecular formula is C16H18N2O3S. The van der Waals surface area contributed by atoms with Crippen molar-refractivity contribution in [3.63, 3.8) is 0 Å². The first-order valence-corrected chi connectivity index (χ1v) is 8.48. The summed E-state index contributed by atoms with van der Waals surface area (Å²) in [6.45, 7) is 2.31. The van der Waals surface area contributed by atoms with Gasteiger partial charge >= 0.3 is 6.03 Å². The molecule has 2 rings (SSSR count). The van der Waals surface area contributed by atoms with E-state index in [1.807, 2.05) is 42.0 Å². The summed E-state index contributed by atoms with van der Waals surface area (Å²) >= 11 is 0. The van der Waals surface area contributed by atoms with Crippen LogP contribution in [-0.4, -0.2) is 21.0 Å². The normalized spacial score (nSPS) is 11.0. The average molecular weight is 318 g/mol. The summed E-state index contributed by atoms with van der Waals surface area (Å²) in [4.78, 5) is 11.7. The van der Waals surface area contributed by atoms with Crippen LogP contribution >= 0.6 is 0 Å². The average Bonchev–Trinajstić information content (AvgIpc) is 2.53. The van der Waals surface area contributed by atoms with Crippen LogP contribution in [0.4, 0.5) is 4.79 Å². The third-order valence-electron chi connectivity index (χ3n) is 3.02. The molecule has 0 saturated carbocycles. The van der Waals surface area contributed by atoms with Crippen molar-refractivity contribution < 1.29 is 13.2 Å². The zero-order valence-electron chi connectivity index (χ0n) is 12.2. The van der Waals surface area contributed by atoms with Crippen LogP contribution in [0.5, 0.6) is 0 Å². The van der Waals surface area contributed by atoms with Crippen LogP contribution < -0.4 is 10.0 Å². The van der Waals surface area contributed by atoms with Crippen LogP contribution in [0.2, 0.25) is 0 Å². The Hall–Kier alpha value is -2.34. The molecule has 0 heterocycles. The first-order chi connectivity index (χ1) is 10.5. The molecule has 6 heteroatoms. The second-order valence-electron chi connectivity index (χ2n) is 4.72. The van der Waals surface area contributed by atoms with Crippen molar-refractivity contribution in [2.45, 2.75) is 18.2 Å². The quantitative estimate of drug-likeness (QED) is 0.890. The first-order valence-electron chi connectivity index (χ1n) is 6.99. The van der Waals surface area contributed by atoms with Gasteiger partial charge in [0.15, 0.2) is 0 Å². The second-order valence-corrected chi connectivity index (χ2v) is 6.37. The van der Waals surface area contributed by atoms with E-state index in [4.69, 9.17) is 0 Å². The molecule has 2 N–H and O–H groups in total. The molecule has 0 saturated heterocycles. The van der Waals surface area contributed by atoms with Gasteiger partial charge in [0.2, 0.25) is 0 Å². The summed E-state index contributed by atoms with van der Waals surface area (Å²) in [5, 5.41) is 2.49. The maximum Gasteiger partial charge on any atom is 0.328 e. The number of urea groups is 1. The molecule has 0 bridgehead atoms. The SMILES string of the molecule is CCCNC(=O)NS(=O)(=O)c1ccccc1-c1ccccc1. The van der Waals surface area contributed by atoms with E-state index < -0.39 is 16.1 Å². The van der Waals surface area contributed by atoms with Crippen LogP contribution in [0.25, 0.3) is 11.1 Å². The van der Waals surface area contributed by atoms with Gasteiger partial charge < -0.3 is 5.32 Å². The highest BCUT2D eigenvalue weighted by Gasteiger charge is 2.21. The molecule has 0 aromatic heterocycles. The van der Waals surface area contributed by atoms with Crippen molar-refractivity contribution in [2.24, 2.45) is 0 Å². The van der Waals surface area contributed by atoms with Gasteiger partial charge in [-0.2, -0.15) is 0 Å². The van der Waals surface area contributed by atoms with Gasteiger partial charge in [0.25, 0.3) is 10.0 Å². The predicted molar refractivity (Wildman–Crippen MR) is 85.9 cm³/mol. The topological polar surface area (TPSA) is 75.3 Å². The molecule has 0 atom stereocenters. The fourth-order valence-corrected chi connectivity index (χ4v) is 3.17. The van der Waals surface area contributed by atoms with Crippen LogP contribution in [0.1, 0.15) is 13.3 Å². The van der Waals surface area contributed by atoms with Crippen LogP contribution in [0.15, 0.2) is 59.5 Å². The van der Waals surface area contributed by atoms with Crippen LogP contribution in [-0.2, 0) is 10.0 Å². The van der Waals surface area contributed by atoms with Gasteiger partial charge in [-0.15, -0.1) is 0 Å². The summed E-state index contributed by atoms with van der Waals surface area (Å²) in [5.74, 6) is 0. The van der Waals surface area contributed by atoms with Crippen molar-refractivity contribution in [3.05, 3.63) is 54.6 Å². The van der Waals surface area contributed by atoms with E-state index in [2.05, 4.69) is 5.32 Å². The Morgan fingerprint density at radius 2 is 1.64 bits per heavy atom. The van der Waals surface area contributed by atoms with Crippen molar-refractivity contribution in [1.82, 2.24) is 10.0 Å². The molecule has 116 valence electrons. The van der Waals surface area contributed by atoms with Crippen molar-refractivity contribution in [2.75, 3.05) is 6.54 Å². The minimum absolute atomic E-state index is 0.0767. The lowest BCUT2D eigenvalue weighted by atomic mass is 10.1. The Kier molecular flexibility index (Phi) is 5.16. The number of carbonyl (C=O) groups excluding carboxylic acids is 1. The first kappa shape index (κ1) is 16.0. The zero-order chi connectivity index (χ0) is 16.0. The monoisotopic (exact) mass is 318 g/mol. The number of nitrogens with one attached hydrogen (secondary N) is 2. The number of sulfonamides is 1. The van der Waals surface area contributed by atoms with Crippen molar-refractivity contribution in [3.8, 4) is 11.1 Å². The molecule has 0 aliphatic heterocycles. The van der Waals surface area contributed by atoms with Gasteiger partial charge in [0.1, 0.15) is 0 Å². The minimum Gasteiger partial charge on any atom is -0.337 e. The molecule has 0 unspecified atom stereocenters. The number of amides is 2. The number of carbonyl (C=O) groups is 1. The van der Waals surface area contributed by atoms with Gasteiger partial charge in [0.05, 0.1) is 4.90 Å². The highest BCUT2D eigenvalue weighted by atomic mass is 32.2. The van der Waals surface area contributed by atoms with Gasteiger partial charge in [-0.1, -0.05) is 55.5 Å². The van der Waals surface area contributed by atoms with E-state index in [-0.39, 0.29) is 4.90 Å². The molecule has 22 heavy (non-hydrogen) atoms. The molecule has 2 aromatic rings. The lowest BCUT2D eigenvalue weighted by molar-refractivity contribution is 0.246. The zero-order valence-corrected chi connectivity index (χ0v) is 13.1. The van der Waals surface area contributed by atoms with Crippen molar-refractivity contribution in [1.29, 1.82) is 0 Å². The van der Waals surface area contributed by atoms with E-state index in [0.29, 0.717) is 12.1 Å². The molecule has 0 radical (unpaired) electrons. The largest absolute Gasteiger partial charge is 0.337 e. The van der Waals surface area contributed by atoms with E-state index in [0.717, 1.165) is 12.0 Å². The van der Waals surface area contributed by atoms with E-state index >= 15 is 0 Å². The van der Waals surface area contributed by atoms with E-state index in [9.17, 15) is 13.2 Å². The molecule has 0 spiro atoms. The summed E-state index contributed by atoms with van der Waals surface area (Å²) < 4.78 is 26.9. The molecule has 0 aliphatic carbocycles. The molecule has 2 aromatic carbocycles. The number of hydrogen-bond donors (Lipinski definition) is 2. The predicted octanol–water partition coefficient (Wildman–Crippen LogP) is 2.75. The molecule has 5 nitrogen and oxygen atoms in total. The molecule has 0 aliphatic rings. The Bertz CT molecular complexity index is 743. The number of benzene rings is 2. The van der Waals surface area contributed by atoms with E-state index in [1.165, 1.54) is 6.07 Å². The number of hydrogen-bond acceptors (Lipinski definition) is 3. The fourth-order valence-electron chi connectivity index (χ4n) is 2.01. The minimum atomic E-state index is -3.93. The van der Waals surface area contributed by atoms with Gasteiger partial charge in [0, 0.05) is 12.1 Å². The summed E-state index contributed by atoms with van der Waals surface area (Å²) in [7, 11) is -3.93. The summed E-state index contributed by atoms with van der Waals surface area (Å²) in [5.41, 5.74) is 1.33. The third-order valence-corrected chi connectivity index (χ3v) is 4.41. The maximum atomic E-state index is 12.4. The smallest absolute Gasteiger partial charge is 0.328 e. The standard InChI is InChI=1S/C16H18N2O3S/c1-2-12-17-16(19)18-22(20,21)15-11-7-6-10-14(15)13-8-4-3-5-9-13/h3-11H,2,12H2,1H3,(H2,17,18,19). The fraction of sp³-hybridized carbons (Fsp3) is 0.188. The summed E-state index contributed by atoms with van der Waals surface area (Å²) in [6, 6.07) is 15.0. The molecular weight excluding hydrogens is 300 g/mol.